The molecule has 258 valence electrons. The smallest absolute Gasteiger partial charge is 0.335 e. The summed E-state index contributed by atoms with van der Waals surface area (Å²) < 4.78 is 0. The molecule has 1 heterocycles. The zero-order valence-corrected chi connectivity index (χ0v) is 28.6. The molecule has 11 heteroatoms. The minimum absolute atomic E-state index is 0.144. The number of nitrogens with one attached hydrogen (secondary N) is 3. The number of nitrogens with two attached hydrogens (primary N) is 1. The van der Waals surface area contributed by atoms with Gasteiger partial charge in [-0.1, -0.05) is 91.0 Å². The topological polar surface area (TPSA) is 158 Å². The fourth-order valence-electron chi connectivity index (χ4n) is 5.86. The Morgan fingerprint density at radius 2 is 1.38 bits per heavy atom. The number of carboxylic acids is 1. The second kappa shape index (κ2) is 16.8. The first kappa shape index (κ1) is 35.9. The molecule has 0 aliphatic carbocycles. The Bertz CT molecular complexity index is 1920. The number of amides is 3. The highest BCUT2D eigenvalue weighted by molar-refractivity contribution is 7.81. The second-order valence-electron chi connectivity index (χ2n) is 12.3. The van der Waals surface area contributed by atoms with Gasteiger partial charge in [-0.05, 0) is 46.9 Å². The summed E-state index contributed by atoms with van der Waals surface area (Å²) in [4.78, 5) is 57.7. The van der Waals surface area contributed by atoms with E-state index in [0.29, 0.717) is 0 Å². The van der Waals surface area contributed by atoms with Crippen molar-refractivity contribution in [3.63, 3.8) is 0 Å². The van der Waals surface area contributed by atoms with Gasteiger partial charge in [0.25, 0.3) is 0 Å². The maximum absolute atomic E-state index is 14.3. The quantitative estimate of drug-likeness (QED) is 0.0907. The number of hydrogen-bond donors (Lipinski definition) is 6. The van der Waals surface area contributed by atoms with Crippen molar-refractivity contribution >= 4 is 47.2 Å². The van der Waals surface area contributed by atoms with Crippen LogP contribution in [0.5, 0.6) is 0 Å². The van der Waals surface area contributed by atoms with Crippen LogP contribution in [0.2, 0.25) is 0 Å². The Labute approximate surface area is 296 Å². The summed E-state index contributed by atoms with van der Waals surface area (Å²) in [6.07, 6.45) is 2.48. The van der Waals surface area contributed by atoms with Crippen molar-refractivity contribution in [2.45, 2.75) is 49.2 Å². The van der Waals surface area contributed by atoms with E-state index in [2.05, 4.69) is 28.2 Å². The van der Waals surface area contributed by atoms with Crippen molar-refractivity contribution in [2.24, 2.45) is 5.73 Å². The number of likely N-dealkylation sites (N-methyl/N-ethyl adjacent to an activating group) is 1. The molecule has 10 nitrogen and oxygen atoms in total. The van der Waals surface area contributed by atoms with Crippen LogP contribution in [0.4, 0.5) is 0 Å². The molecule has 5 aromatic rings. The van der Waals surface area contributed by atoms with E-state index in [1.165, 1.54) is 17.0 Å². The van der Waals surface area contributed by atoms with Crippen molar-refractivity contribution < 1.29 is 24.3 Å². The van der Waals surface area contributed by atoms with Crippen LogP contribution < -0.4 is 16.4 Å². The van der Waals surface area contributed by atoms with Crippen molar-refractivity contribution in [2.75, 3.05) is 7.05 Å². The molecule has 4 atom stereocenters. The van der Waals surface area contributed by atoms with E-state index in [0.717, 1.165) is 33.2 Å². The lowest BCUT2D eigenvalue weighted by molar-refractivity contribution is -0.139. The number of aromatic amines is 1. The van der Waals surface area contributed by atoms with Crippen LogP contribution in [0.25, 0.3) is 10.9 Å². The molecule has 3 amide bonds. The van der Waals surface area contributed by atoms with Gasteiger partial charge in [0.15, 0.2) is 0 Å². The van der Waals surface area contributed by atoms with Crippen LogP contribution in [-0.2, 0) is 40.2 Å². The maximum atomic E-state index is 14.3. The molecule has 0 aliphatic heterocycles. The molecule has 0 bridgehead atoms. The predicted molar refractivity (Wildman–Crippen MR) is 197 cm³/mol. The Morgan fingerprint density at radius 3 is 2.04 bits per heavy atom. The number of nitrogens with zero attached hydrogens (tertiary/aromatic N) is 1. The molecule has 0 saturated carbocycles. The third-order valence-corrected chi connectivity index (χ3v) is 9.37. The van der Waals surface area contributed by atoms with Crippen LogP contribution in [0.15, 0.2) is 115 Å². The van der Waals surface area contributed by atoms with Gasteiger partial charge in [-0.25, -0.2) is 4.79 Å². The zero-order chi connectivity index (χ0) is 35.6. The number of benzene rings is 4. The summed E-state index contributed by atoms with van der Waals surface area (Å²) in [5.74, 6) is -2.35. The first-order valence-electron chi connectivity index (χ1n) is 16.3. The number of aromatic nitrogens is 1. The van der Waals surface area contributed by atoms with Crippen LogP contribution >= 0.6 is 12.6 Å². The number of hydrogen-bond acceptors (Lipinski definition) is 6. The number of H-pyrrole nitrogens is 1. The maximum Gasteiger partial charge on any atom is 0.335 e. The number of carbonyl (C=O) groups is 4. The summed E-state index contributed by atoms with van der Waals surface area (Å²) in [7, 11) is 1.54. The van der Waals surface area contributed by atoms with Crippen molar-refractivity contribution in [1.29, 1.82) is 0 Å². The van der Waals surface area contributed by atoms with Crippen molar-refractivity contribution in [1.82, 2.24) is 20.5 Å². The Kier molecular flexibility index (Phi) is 12.1. The molecule has 0 fully saturated rings. The Morgan fingerprint density at radius 1 is 0.780 bits per heavy atom. The van der Waals surface area contributed by atoms with Gasteiger partial charge in [-0.3, -0.25) is 14.4 Å². The molecule has 0 aliphatic rings. The van der Waals surface area contributed by atoms with Crippen molar-refractivity contribution in [3.05, 3.63) is 143 Å². The highest BCUT2D eigenvalue weighted by atomic mass is 32.1. The molecule has 5 rings (SSSR count). The molecule has 6 N–H and O–H groups in total. The lowest BCUT2D eigenvalue weighted by Crippen LogP contribution is -2.57. The van der Waals surface area contributed by atoms with Gasteiger partial charge in [-0.15, -0.1) is 0 Å². The van der Waals surface area contributed by atoms with E-state index in [1.807, 2.05) is 91.1 Å². The first-order valence-corrected chi connectivity index (χ1v) is 16.9. The van der Waals surface area contributed by atoms with Crippen molar-refractivity contribution in [3.8, 4) is 0 Å². The van der Waals surface area contributed by atoms with Gasteiger partial charge < -0.3 is 31.4 Å². The minimum atomic E-state index is -1.04. The normalized spacial score (nSPS) is 13.5. The molecule has 1 aromatic heterocycles. The molecular weight excluding hydrogens is 651 g/mol. The van der Waals surface area contributed by atoms with Gasteiger partial charge in [0.1, 0.15) is 12.1 Å². The first-order chi connectivity index (χ1) is 24.1. The third-order valence-electron chi connectivity index (χ3n) is 8.76. The van der Waals surface area contributed by atoms with E-state index in [1.54, 1.807) is 19.2 Å². The third kappa shape index (κ3) is 9.19. The largest absolute Gasteiger partial charge is 0.478 e. The van der Waals surface area contributed by atoms with Gasteiger partial charge >= 0.3 is 5.97 Å². The fourth-order valence-corrected chi connectivity index (χ4v) is 6.15. The fraction of sp³-hybridized carbons (Fsp3) is 0.231. The molecular formula is C39H41N5O5S. The summed E-state index contributed by atoms with van der Waals surface area (Å²) >= 11 is 4.60. The monoisotopic (exact) mass is 691 g/mol. The van der Waals surface area contributed by atoms with E-state index >= 15 is 0 Å². The average molecular weight is 692 g/mol. The number of carboxylic acid groups (broad SMARTS) is 1. The molecule has 50 heavy (non-hydrogen) atoms. The number of rotatable bonds is 15. The van der Waals surface area contributed by atoms with E-state index in [-0.39, 0.29) is 37.3 Å². The number of para-hydroxylation sites is 1. The molecule has 0 spiro atoms. The van der Waals surface area contributed by atoms with Crippen LogP contribution in [0.1, 0.15) is 32.6 Å². The van der Waals surface area contributed by atoms with Gasteiger partial charge in [0.2, 0.25) is 17.7 Å². The summed E-state index contributed by atoms with van der Waals surface area (Å²) in [5, 5.41) is 15.1. The number of fused-ring (bicyclic) bond motifs is 1. The van der Waals surface area contributed by atoms with Gasteiger partial charge in [0, 0.05) is 49.6 Å². The SMILES string of the molecule is CN(C(=O)[C@@H](S)[C@@H](N)Cc1ccc(C(=O)O)cc1)[C@@H](Cc1c[nH]c2ccccc12)C(=O)N[C@@H](Cc1ccccc1)C(=O)NCc1ccccc1. The lowest BCUT2D eigenvalue weighted by atomic mass is 9.99. The number of thiol groups is 1. The summed E-state index contributed by atoms with van der Waals surface area (Å²) in [5.41, 5.74) is 10.8. The lowest BCUT2D eigenvalue weighted by Gasteiger charge is -2.32. The minimum Gasteiger partial charge on any atom is -0.478 e. The molecule has 4 aromatic carbocycles. The highest BCUT2D eigenvalue weighted by Crippen LogP contribution is 2.22. The molecule has 0 saturated heterocycles. The predicted octanol–water partition coefficient (Wildman–Crippen LogP) is 4.15. The highest BCUT2D eigenvalue weighted by Gasteiger charge is 2.35. The zero-order valence-electron chi connectivity index (χ0n) is 27.7. The summed E-state index contributed by atoms with van der Waals surface area (Å²) in [6.45, 7) is 0.288. The Hall–Kier alpha value is -5.39. The standard InChI is InChI=1S/C39H41N5O5S/c1-44(38(47)35(50)31(40)20-26-16-18-28(19-17-26)39(48)49)34(22-29-24-41-32-15-9-8-14-30(29)32)37(46)43-33(21-25-10-4-2-5-11-25)36(45)42-23-27-12-6-3-7-13-27/h2-19,24,31,33-35,41,50H,20-23,40H2,1H3,(H,42,45)(H,43,46)(H,48,49)/t31-,33-,34-,35-/m0/s1. The van der Waals surface area contributed by atoms with E-state index < -0.39 is 41.2 Å². The van der Waals surface area contributed by atoms with E-state index in [4.69, 9.17) is 5.73 Å². The van der Waals surface area contributed by atoms with Crippen LogP contribution in [-0.4, -0.2) is 69.1 Å². The average Bonchev–Trinajstić information content (AvgIpc) is 3.55. The molecule has 0 unspecified atom stereocenters. The van der Waals surface area contributed by atoms with Gasteiger partial charge in [-0.2, -0.15) is 12.6 Å². The van der Waals surface area contributed by atoms with Crippen LogP contribution in [0, 0.1) is 0 Å². The second-order valence-corrected chi connectivity index (χ2v) is 12.9. The molecule has 0 radical (unpaired) electrons. The number of aromatic carboxylic acids is 1. The van der Waals surface area contributed by atoms with E-state index in [9.17, 15) is 24.3 Å². The number of carbonyl (C=O) groups excluding carboxylic acids is 3. The van der Waals surface area contributed by atoms with Gasteiger partial charge in [0.05, 0.1) is 10.8 Å². The summed E-state index contributed by atoms with van der Waals surface area (Å²) in [6, 6.07) is 30.2. The Balaban J connectivity index is 1.38. The van der Waals surface area contributed by atoms with Crippen LogP contribution in [0.3, 0.4) is 0 Å².